The summed E-state index contributed by atoms with van der Waals surface area (Å²) >= 11 is 0. The van der Waals surface area contributed by atoms with Gasteiger partial charge in [0.15, 0.2) is 0 Å². The molecular formula is C14H19N3O3. The van der Waals surface area contributed by atoms with E-state index < -0.39 is 4.92 Å². The highest BCUT2D eigenvalue weighted by atomic mass is 16.6. The van der Waals surface area contributed by atoms with Crippen LogP contribution in [-0.4, -0.2) is 16.9 Å². The van der Waals surface area contributed by atoms with Gasteiger partial charge in [-0.15, -0.1) is 0 Å². The number of non-ortho nitro benzene ring substituents is 1. The summed E-state index contributed by atoms with van der Waals surface area (Å²) in [5.41, 5.74) is 7.30. The van der Waals surface area contributed by atoms with Gasteiger partial charge in [0.05, 0.1) is 10.8 Å². The maximum absolute atomic E-state index is 12.2. The largest absolute Gasteiger partial charge is 0.327 e. The predicted molar refractivity (Wildman–Crippen MR) is 76.4 cm³/mol. The van der Waals surface area contributed by atoms with Crippen LogP contribution < -0.4 is 11.1 Å². The summed E-state index contributed by atoms with van der Waals surface area (Å²) in [5.74, 6) is -0.257. The molecular weight excluding hydrogens is 258 g/mol. The van der Waals surface area contributed by atoms with Gasteiger partial charge in [-0.1, -0.05) is 12.8 Å². The van der Waals surface area contributed by atoms with Crippen molar-refractivity contribution < 1.29 is 9.72 Å². The monoisotopic (exact) mass is 277 g/mol. The van der Waals surface area contributed by atoms with Gasteiger partial charge in [0.1, 0.15) is 0 Å². The predicted octanol–water partition coefficient (Wildman–Crippen LogP) is 2.36. The molecule has 0 spiro atoms. The molecule has 2 atom stereocenters. The molecule has 1 saturated carbocycles. The third kappa shape index (κ3) is 3.14. The Morgan fingerprint density at radius 3 is 2.70 bits per heavy atom. The van der Waals surface area contributed by atoms with Gasteiger partial charge >= 0.3 is 0 Å². The summed E-state index contributed by atoms with van der Waals surface area (Å²) in [6, 6.07) is 4.32. The van der Waals surface area contributed by atoms with Crippen molar-refractivity contribution in [3.8, 4) is 0 Å². The molecule has 108 valence electrons. The van der Waals surface area contributed by atoms with Crippen molar-refractivity contribution in [1.29, 1.82) is 0 Å². The molecule has 1 aromatic rings. The van der Waals surface area contributed by atoms with E-state index in [4.69, 9.17) is 5.73 Å². The molecule has 0 radical (unpaired) electrons. The number of hydrogen-bond donors (Lipinski definition) is 2. The van der Waals surface area contributed by atoms with Crippen LogP contribution in [0.15, 0.2) is 18.2 Å². The number of aryl methyl sites for hydroxylation is 1. The summed E-state index contributed by atoms with van der Waals surface area (Å²) in [4.78, 5) is 22.5. The van der Waals surface area contributed by atoms with E-state index in [9.17, 15) is 14.9 Å². The van der Waals surface area contributed by atoms with E-state index in [0.29, 0.717) is 11.3 Å². The summed E-state index contributed by atoms with van der Waals surface area (Å²) in [7, 11) is 0. The van der Waals surface area contributed by atoms with E-state index >= 15 is 0 Å². The van der Waals surface area contributed by atoms with Crippen LogP contribution >= 0.6 is 0 Å². The van der Waals surface area contributed by atoms with Gasteiger partial charge in [-0.05, 0) is 31.4 Å². The first-order chi connectivity index (χ1) is 9.49. The van der Waals surface area contributed by atoms with Crippen molar-refractivity contribution >= 4 is 17.3 Å². The minimum Gasteiger partial charge on any atom is -0.327 e. The van der Waals surface area contributed by atoms with Gasteiger partial charge in [-0.25, -0.2) is 0 Å². The zero-order chi connectivity index (χ0) is 14.7. The van der Waals surface area contributed by atoms with Crippen molar-refractivity contribution in [1.82, 2.24) is 0 Å². The minimum atomic E-state index is -0.449. The molecule has 3 N–H and O–H groups in total. The lowest BCUT2D eigenvalue weighted by Gasteiger charge is -2.27. The Balaban J connectivity index is 2.09. The topological polar surface area (TPSA) is 98.3 Å². The Morgan fingerprint density at radius 1 is 1.40 bits per heavy atom. The second-order valence-corrected chi connectivity index (χ2v) is 5.30. The fraction of sp³-hybridized carbons (Fsp3) is 0.500. The van der Waals surface area contributed by atoms with Crippen molar-refractivity contribution in [2.24, 2.45) is 11.7 Å². The maximum Gasteiger partial charge on any atom is 0.269 e. The zero-order valence-corrected chi connectivity index (χ0v) is 11.5. The minimum absolute atomic E-state index is 0.0230. The van der Waals surface area contributed by atoms with Crippen molar-refractivity contribution in [3.63, 3.8) is 0 Å². The molecule has 6 nitrogen and oxygen atoms in total. The van der Waals surface area contributed by atoms with Crippen LogP contribution in [0.25, 0.3) is 0 Å². The molecule has 6 heteroatoms. The molecule has 0 saturated heterocycles. The van der Waals surface area contributed by atoms with Gasteiger partial charge in [0, 0.05) is 23.9 Å². The van der Waals surface area contributed by atoms with Gasteiger partial charge in [0.2, 0.25) is 5.91 Å². The Bertz CT molecular complexity index is 530. The molecule has 0 aliphatic heterocycles. The van der Waals surface area contributed by atoms with Crippen LogP contribution in [0.5, 0.6) is 0 Å². The second-order valence-electron chi connectivity index (χ2n) is 5.30. The van der Waals surface area contributed by atoms with Crippen LogP contribution in [0.1, 0.15) is 31.2 Å². The van der Waals surface area contributed by atoms with E-state index in [2.05, 4.69) is 5.32 Å². The smallest absolute Gasteiger partial charge is 0.269 e. The average Bonchev–Trinajstić information content (AvgIpc) is 2.41. The highest BCUT2D eigenvalue weighted by Gasteiger charge is 2.28. The number of carbonyl (C=O) groups excluding carboxylic acids is 1. The SMILES string of the molecule is Cc1cc([N+](=O)[O-])ccc1NC(=O)C1CCCCC1N. The van der Waals surface area contributed by atoms with Crippen molar-refractivity contribution in [2.75, 3.05) is 5.32 Å². The molecule has 0 bridgehead atoms. The number of nitrogens with one attached hydrogen (secondary N) is 1. The molecule has 1 amide bonds. The van der Waals surface area contributed by atoms with E-state index in [-0.39, 0.29) is 23.6 Å². The van der Waals surface area contributed by atoms with Crippen molar-refractivity contribution in [2.45, 2.75) is 38.6 Å². The Labute approximate surface area is 117 Å². The number of benzene rings is 1. The van der Waals surface area contributed by atoms with Gasteiger partial charge < -0.3 is 11.1 Å². The van der Waals surface area contributed by atoms with Gasteiger partial charge in [0.25, 0.3) is 5.69 Å². The number of nitro benzene ring substituents is 1. The molecule has 1 fully saturated rings. The normalized spacial score (nSPS) is 22.3. The Hall–Kier alpha value is -1.95. The van der Waals surface area contributed by atoms with Crippen LogP contribution in [0, 0.1) is 23.0 Å². The van der Waals surface area contributed by atoms with Crippen LogP contribution in [0.3, 0.4) is 0 Å². The lowest BCUT2D eigenvalue weighted by molar-refractivity contribution is -0.384. The first kappa shape index (κ1) is 14.5. The van der Waals surface area contributed by atoms with Crippen LogP contribution in [0.4, 0.5) is 11.4 Å². The quantitative estimate of drug-likeness (QED) is 0.654. The Kier molecular flexibility index (Phi) is 4.34. The Morgan fingerprint density at radius 2 is 2.10 bits per heavy atom. The lowest BCUT2D eigenvalue weighted by Crippen LogP contribution is -2.40. The molecule has 2 unspecified atom stereocenters. The summed E-state index contributed by atoms with van der Waals surface area (Å²) in [5, 5.41) is 13.5. The molecule has 1 aromatic carbocycles. The summed E-state index contributed by atoms with van der Waals surface area (Å²) < 4.78 is 0. The second kappa shape index (κ2) is 6.00. The van der Waals surface area contributed by atoms with Gasteiger partial charge in [-0.3, -0.25) is 14.9 Å². The highest BCUT2D eigenvalue weighted by molar-refractivity contribution is 5.93. The summed E-state index contributed by atoms with van der Waals surface area (Å²) in [6.45, 7) is 1.74. The number of anilines is 1. The molecule has 0 aromatic heterocycles. The number of nitro groups is 1. The number of rotatable bonds is 3. The van der Waals surface area contributed by atoms with Gasteiger partial charge in [-0.2, -0.15) is 0 Å². The third-order valence-corrected chi connectivity index (χ3v) is 3.83. The van der Waals surface area contributed by atoms with E-state index in [1.54, 1.807) is 13.0 Å². The fourth-order valence-corrected chi connectivity index (χ4v) is 2.61. The molecule has 1 aliphatic rings. The number of hydrogen-bond acceptors (Lipinski definition) is 4. The fourth-order valence-electron chi connectivity index (χ4n) is 2.61. The van der Waals surface area contributed by atoms with Crippen LogP contribution in [0.2, 0.25) is 0 Å². The first-order valence-corrected chi connectivity index (χ1v) is 6.80. The average molecular weight is 277 g/mol. The lowest BCUT2D eigenvalue weighted by atomic mass is 9.84. The van der Waals surface area contributed by atoms with E-state index in [1.807, 2.05) is 0 Å². The maximum atomic E-state index is 12.2. The molecule has 0 heterocycles. The zero-order valence-electron chi connectivity index (χ0n) is 11.5. The number of amides is 1. The third-order valence-electron chi connectivity index (χ3n) is 3.83. The number of carbonyl (C=O) groups is 1. The first-order valence-electron chi connectivity index (χ1n) is 6.80. The number of nitrogens with zero attached hydrogens (tertiary/aromatic N) is 1. The standard InChI is InChI=1S/C14H19N3O3/c1-9-8-10(17(19)20)6-7-13(9)16-14(18)11-4-2-3-5-12(11)15/h6-8,11-12H,2-5,15H2,1H3,(H,16,18). The van der Waals surface area contributed by atoms with Crippen LogP contribution in [-0.2, 0) is 4.79 Å². The van der Waals surface area contributed by atoms with E-state index in [0.717, 1.165) is 25.7 Å². The summed E-state index contributed by atoms with van der Waals surface area (Å²) in [6.07, 6.45) is 3.77. The number of nitrogens with two attached hydrogens (primary N) is 1. The molecule has 20 heavy (non-hydrogen) atoms. The molecule has 2 rings (SSSR count). The van der Waals surface area contributed by atoms with Crippen molar-refractivity contribution in [3.05, 3.63) is 33.9 Å². The van der Waals surface area contributed by atoms with E-state index in [1.165, 1.54) is 12.1 Å². The molecule has 1 aliphatic carbocycles. The highest BCUT2D eigenvalue weighted by Crippen LogP contribution is 2.26.